The summed E-state index contributed by atoms with van der Waals surface area (Å²) >= 11 is 0. The van der Waals surface area contributed by atoms with Crippen LogP contribution in [0.25, 0.3) is 88.6 Å². The van der Waals surface area contributed by atoms with Crippen molar-refractivity contribution in [1.82, 2.24) is 4.98 Å². The zero-order valence-corrected chi connectivity index (χ0v) is 23.7. The molecule has 206 valence electrons. The molecule has 44 heavy (non-hydrogen) atoms. The standard InChI is InChI=1S/C41H25NO2/c1-2-10-31-26(8-1)9-5-12-32(31)27-18-20-29(21-19-27)34-14-7-16-37-40(34)44-41(42-37)30-24-22-28(23-25-30)33-13-6-15-36-35-11-3-4-17-38(35)43-39(33)36/h1-25H. The molecule has 3 heteroatoms. The van der Waals surface area contributed by atoms with E-state index < -0.39 is 0 Å². The summed E-state index contributed by atoms with van der Waals surface area (Å²) < 4.78 is 12.7. The lowest BCUT2D eigenvalue weighted by Gasteiger charge is -2.08. The summed E-state index contributed by atoms with van der Waals surface area (Å²) in [6.45, 7) is 0. The summed E-state index contributed by atoms with van der Waals surface area (Å²) in [5, 5.41) is 4.75. The second-order valence-corrected chi connectivity index (χ2v) is 11.1. The SMILES string of the molecule is c1ccc2c(-c3ccc(-c4cccc5nc(-c6ccc(-c7cccc8c7oc7ccccc78)cc6)oc45)cc3)cccc2c1. The molecule has 0 aliphatic carbocycles. The monoisotopic (exact) mass is 563 g/mol. The van der Waals surface area contributed by atoms with Gasteiger partial charge >= 0.3 is 0 Å². The fraction of sp³-hybridized carbons (Fsp3) is 0. The quantitative estimate of drug-likeness (QED) is 0.214. The first-order chi connectivity index (χ1) is 21.8. The van der Waals surface area contributed by atoms with Crippen LogP contribution in [0.2, 0.25) is 0 Å². The molecule has 0 radical (unpaired) electrons. The van der Waals surface area contributed by atoms with Crippen molar-refractivity contribution >= 4 is 43.8 Å². The van der Waals surface area contributed by atoms with Crippen LogP contribution in [0.4, 0.5) is 0 Å². The Labute approximate surface area is 253 Å². The van der Waals surface area contributed by atoms with E-state index in [1.807, 2.05) is 30.3 Å². The molecule has 0 atom stereocenters. The van der Waals surface area contributed by atoms with Crippen LogP contribution in [0.5, 0.6) is 0 Å². The van der Waals surface area contributed by atoms with Gasteiger partial charge in [0.1, 0.15) is 16.7 Å². The zero-order chi connectivity index (χ0) is 29.0. The summed E-state index contributed by atoms with van der Waals surface area (Å²) in [6.07, 6.45) is 0. The zero-order valence-electron chi connectivity index (χ0n) is 23.7. The first-order valence-electron chi connectivity index (χ1n) is 14.8. The molecule has 2 heterocycles. The summed E-state index contributed by atoms with van der Waals surface area (Å²) in [7, 11) is 0. The lowest BCUT2D eigenvalue weighted by molar-refractivity contribution is 0.621. The van der Waals surface area contributed by atoms with Gasteiger partial charge < -0.3 is 8.83 Å². The average Bonchev–Trinajstić information content (AvgIpc) is 3.70. The maximum absolute atomic E-state index is 6.44. The lowest BCUT2D eigenvalue weighted by Crippen LogP contribution is -1.83. The largest absolute Gasteiger partial charge is 0.455 e. The van der Waals surface area contributed by atoms with Gasteiger partial charge in [-0.15, -0.1) is 0 Å². The molecule has 0 spiro atoms. The predicted molar refractivity (Wildman–Crippen MR) is 181 cm³/mol. The third-order valence-electron chi connectivity index (χ3n) is 8.56. The fourth-order valence-electron chi connectivity index (χ4n) is 6.37. The molecule has 0 saturated carbocycles. The molecule has 0 fully saturated rings. The Morgan fingerprint density at radius 3 is 1.70 bits per heavy atom. The van der Waals surface area contributed by atoms with Crippen LogP contribution in [-0.2, 0) is 0 Å². The van der Waals surface area contributed by atoms with Gasteiger partial charge in [0.15, 0.2) is 5.58 Å². The van der Waals surface area contributed by atoms with E-state index in [9.17, 15) is 0 Å². The minimum absolute atomic E-state index is 0.605. The number of fused-ring (bicyclic) bond motifs is 5. The molecular weight excluding hydrogens is 538 g/mol. The molecule has 0 aliphatic heterocycles. The van der Waals surface area contributed by atoms with Crippen molar-refractivity contribution in [3.63, 3.8) is 0 Å². The van der Waals surface area contributed by atoms with Crippen LogP contribution in [0.1, 0.15) is 0 Å². The van der Waals surface area contributed by atoms with E-state index in [0.717, 1.165) is 60.9 Å². The van der Waals surface area contributed by atoms with Crippen molar-refractivity contribution < 1.29 is 8.83 Å². The average molecular weight is 564 g/mol. The Morgan fingerprint density at radius 1 is 0.364 bits per heavy atom. The van der Waals surface area contributed by atoms with E-state index in [1.54, 1.807) is 0 Å². The van der Waals surface area contributed by atoms with Gasteiger partial charge in [0, 0.05) is 27.5 Å². The van der Waals surface area contributed by atoms with Crippen molar-refractivity contribution in [2.45, 2.75) is 0 Å². The van der Waals surface area contributed by atoms with E-state index in [4.69, 9.17) is 13.8 Å². The predicted octanol–water partition coefficient (Wildman–Crippen LogP) is 11.5. The molecule has 9 aromatic rings. The Balaban J connectivity index is 1.06. The second kappa shape index (κ2) is 9.82. The molecule has 0 N–H and O–H groups in total. The van der Waals surface area contributed by atoms with Crippen molar-refractivity contribution in [3.05, 3.63) is 152 Å². The van der Waals surface area contributed by atoms with Gasteiger partial charge in [-0.3, -0.25) is 0 Å². The van der Waals surface area contributed by atoms with Gasteiger partial charge in [-0.2, -0.15) is 0 Å². The third-order valence-corrected chi connectivity index (χ3v) is 8.56. The van der Waals surface area contributed by atoms with Gasteiger partial charge in [-0.05, 0) is 57.3 Å². The molecule has 2 aromatic heterocycles. The van der Waals surface area contributed by atoms with Gasteiger partial charge in [0.2, 0.25) is 5.89 Å². The van der Waals surface area contributed by atoms with Crippen LogP contribution in [0.15, 0.2) is 160 Å². The highest BCUT2D eigenvalue weighted by molar-refractivity contribution is 6.09. The highest BCUT2D eigenvalue weighted by atomic mass is 16.3. The lowest BCUT2D eigenvalue weighted by atomic mass is 9.96. The number of rotatable bonds is 4. The molecule has 0 bridgehead atoms. The minimum atomic E-state index is 0.605. The first-order valence-corrected chi connectivity index (χ1v) is 14.8. The molecule has 0 amide bonds. The molecular formula is C41H25NO2. The fourth-order valence-corrected chi connectivity index (χ4v) is 6.37. The van der Waals surface area contributed by atoms with E-state index in [0.29, 0.717) is 5.89 Å². The van der Waals surface area contributed by atoms with Gasteiger partial charge in [-0.1, -0.05) is 127 Å². The van der Waals surface area contributed by atoms with Crippen LogP contribution < -0.4 is 0 Å². The molecule has 7 aromatic carbocycles. The molecule has 3 nitrogen and oxygen atoms in total. The smallest absolute Gasteiger partial charge is 0.227 e. The van der Waals surface area contributed by atoms with E-state index in [2.05, 4.69) is 121 Å². The maximum atomic E-state index is 6.44. The van der Waals surface area contributed by atoms with E-state index >= 15 is 0 Å². The number of furan rings is 1. The van der Waals surface area contributed by atoms with E-state index in [-0.39, 0.29) is 0 Å². The van der Waals surface area contributed by atoms with Crippen molar-refractivity contribution in [2.75, 3.05) is 0 Å². The number of nitrogens with zero attached hydrogens (tertiary/aromatic N) is 1. The Hall–Kier alpha value is -5.93. The number of hydrogen-bond acceptors (Lipinski definition) is 3. The minimum Gasteiger partial charge on any atom is -0.455 e. The number of hydrogen-bond donors (Lipinski definition) is 0. The van der Waals surface area contributed by atoms with Gasteiger partial charge in [0.25, 0.3) is 0 Å². The van der Waals surface area contributed by atoms with Crippen molar-refractivity contribution in [2.24, 2.45) is 0 Å². The number of benzene rings is 7. The Kier molecular flexibility index (Phi) is 5.50. The van der Waals surface area contributed by atoms with Crippen LogP contribution >= 0.6 is 0 Å². The van der Waals surface area contributed by atoms with Crippen molar-refractivity contribution in [3.8, 4) is 44.8 Å². The van der Waals surface area contributed by atoms with E-state index in [1.165, 1.54) is 21.9 Å². The van der Waals surface area contributed by atoms with Gasteiger partial charge in [0.05, 0.1) is 0 Å². The van der Waals surface area contributed by atoms with Crippen LogP contribution in [0, 0.1) is 0 Å². The van der Waals surface area contributed by atoms with Crippen LogP contribution in [0.3, 0.4) is 0 Å². The molecule has 9 rings (SSSR count). The number of para-hydroxylation sites is 3. The Morgan fingerprint density at radius 2 is 0.909 bits per heavy atom. The second-order valence-electron chi connectivity index (χ2n) is 11.1. The first kappa shape index (κ1) is 24.6. The maximum Gasteiger partial charge on any atom is 0.227 e. The highest BCUT2D eigenvalue weighted by Gasteiger charge is 2.15. The summed E-state index contributed by atoms with van der Waals surface area (Å²) in [6, 6.07) is 52.7. The normalized spacial score (nSPS) is 11.6. The third kappa shape index (κ3) is 3.94. The molecule has 0 unspecified atom stereocenters. The summed E-state index contributed by atoms with van der Waals surface area (Å²) in [5.41, 5.74) is 11.1. The Bertz CT molecular complexity index is 2480. The summed E-state index contributed by atoms with van der Waals surface area (Å²) in [5.74, 6) is 0.605. The summed E-state index contributed by atoms with van der Waals surface area (Å²) in [4.78, 5) is 4.86. The molecule has 0 aliphatic rings. The topological polar surface area (TPSA) is 39.2 Å². The molecule has 0 saturated heterocycles. The number of oxazole rings is 1. The highest BCUT2D eigenvalue weighted by Crippen LogP contribution is 2.38. The van der Waals surface area contributed by atoms with Crippen LogP contribution in [-0.4, -0.2) is 4.98 Å². The van der Waals surface area contributed by atoms with Gasteiger partial charge in [-0.25, -0.2) is 4.98 Å². The number of aromatic nitrogens is 1. The van der Waals surface area contributed by atoms with Crippen molar-refractivity contribution in [1.29, 1.82) is 0 Å².